The van der Waals surface area contributed by atoms with Crippen LogP contribution < -0.4 is 0 Å². The summed E-state index contributed by atoms with van der Waals surface area (Å²) >= 11 is 5.96. The maximum absolute atomic E-state index is 5.96. The molecular formula is C14H11ClN4. The van der Waals surface area contributed by atoms with Crippen LogP contribution in [-0.2, 0) is 13.0 Å². The zero-order valence-electron chi connectivity index (χ0n) is 10.4. The molecule has 0 aliphatic rings. The van der Waals surface area contributed by atoms with E-state index in [1.165, 1.54) is 0 Å². The maximum atomic E-state index is 5.96. The van der Waals surface area contributed by atoms with Crippen LogP contribution in [0.5, 0.6) is 0 Å². The van der Waals surface area contributed by atoms with Crippen molar-refractivity contribution in [2.45, 2.75) is 19.9 Å². The number of imidazole rings is 1. The van der Waals surface area contributed by atoms with Crippen LogP contribution in [0.25, 0.3) is 22.3 Å². The van der Waals surface area contributed by atoms with Crippen molar-refractivity contribution in [1.29, 1.82) is 0 Å². The van der Waals surface area contributed by atoms with E-state index >= 15 is 0 Å². The smallest absolute Gasteiger partial charge is 0.198 e. The largest absolute Gasteiger partial charge is 0.299 e. The number of halogens is 1. The lowest BCUT2D eigenvalue weighted by Gasteiger charge is -2.02. The Hall–Kier alpha value is -2.12. The number of rotatable bonds is 2. The summed E-state index contributed by atoms with van der Waals surface area (Å²) in [7, 11) is 0. The molecule has 0 bridgehead atoms. The molecule has 0 spiro atoms. The third-order valence-electron chi connectivity index (χ3n) is 2.96. The number of aromatic nitrogens is 4. The minimum absolute atomic E-state index is 0.452. The molecular weight excluding hydrogens is 260 g/mol. The second-order valence-electron chi connectivity index (χ2n) is 4.18. The molecule has 19 heavy (non-hydrogen) atoms. The van der Waals surface area contributed by atoms with Crippen LogP contribution in [0, 0.1) is 12.3 Å². The van der Waals surface area contributed by atoms with Gasteiger partial charge >= 0.3 is 0 Å². The van der Waals surface area contributed by atoms with Crippen LogP contribution >= 0.6 is 11.6 Å². The van der Waals surface area contributed by atoms with Gasteiger partial charge in [0.25, 0.3) is 0 Å². The molecule has 94 valence electrons. The number of hydrogen-bond acceptors (Lipinski definition) is 3. The SMILES string of the molecule is C#CCn1c(CC)nc2nc3cc(Cl)ccc3nc21. The van der Waals surface area contributed by atoms with Gasteiger partial charge in [0, 0.05) is 11.4 Å². The fourth-order valence-corrected chi connectivity index (χ4v) is 2.26. The van der Waals surface area contributed by atoms with Gasteiger partial charge in [-0.05, 0) is 18.2 Å². The number of fused-ring (bicyclic) bond motifs is 2. The van der Waals surface area contributed by atoms with E-state index in [1.807, 2.05) is 17.6 Å². The predicted molar refractivity (Wildman–Crippen MR) is 76.1 cm³/mol. The van der Waals surface area contributed by atoms with Crippen molar-refractivity contribution >= 4 is 33.9 Å². The monoisotopic (exact) mass is 270 g/mol. The fraction of sp³-hybridized carbons (Fsp3) is 0.214. The van der Waals surface area contributed by atoms with Crippen molar-refractivity contribution in [2.75, 3.05) is 0 Å². The normalized spacial score (nSPS) is 11.0. The quantitative estimate of drug-likeness (QED) is 0.673. The summed E-state index contributed by atoms with van der Waals surface area (Å²) in [5.74, 6) is 3.53. The summed E-state index contributed by atoms with van der Waals surface area (Å²) in [5, 5.41) is 0.639. The zero-order valence-corrected chi connectivity index (χ0v) is 11.1. The zero-order chi connectivity index (χ0) is 13.4. The van der Waals surface area contributed by atoms with E-state index in [-0.39, 0.29) is 0 Å². The van der Waals surface area contributed by atoms with Crippen molar-refractivity contribution < 1.29 is 0 Å². The van der Waals surface area contributed by atoms with E-state index in [9.17, 15) is 0 Å². The summed E-state index contributed by atoms with van der Waals surface area (Å²) < 4.78 is 1.93. The van der Waals surface area contributed by atoms with Gasteiger partial charge in [-0.15, -0.1) is 6.42 Å². The Morgan fingerprint density at radius 3 is 2.84 bits per heavy atom. The molecule has 2 aromatic heterocycles. The van der Waals surface area contributed by atoms with Crippen molar-refractivity contribution in [3.63, 3.8) is 0 Å². The first kappa shape index (κ1) is 11.9. The van der Waals surface area contributed by atoms with Crippen LogP contribution in [0.15, 0.2) is 18.2 Å². The second kappa shape index (κ2) is 4.52. The highest BCUT2D eigenvalue weighted by Crippen LogP contribution is 2.20. The maximum Gasteiger partial charge on any atom is 0.198 e. The second-order valence-corrected chi connectivity index (χ2v) is 4.61. The van der Waals surface area contributed by atoms with E-state index in [0.717, 1.165) is 28.9 Å². The summed E-state index contributed by atoms with van der Waals surface area (Å²) in [6.07, 6.45) is 6.19. The standard InChI is InChI=1S/C14H11ClN4/c1-3-7-19-12(4-2)18-13-14(19)17-10-6-5-9(15)8-11(10)16-13/h1,5-6,8H,4,7H2,2H3. The minimum Gasteiger partial charge on any atom is -0.299 e. The summed E-state index contributed by atoms with van der Waals surface area (Å²) in [6, 6.07) is 5.44. The first-order chi connectivity index (χ1) is 9.22. The van der Waals surface area contributed by atoms with Gasteiger partial charge < -0.3 is 0 Å². The van der Waals surface area contributed by atoms with Crippen LogP contribution in [0.3, 0.4) is 0 Å². The molecule has 0 saturated heterocycles. The number of aryl methyl sites for hydroxylation is 1. The van der Waals surface area contributed by atoms with Crippen LogP contribution in [0.2, 0.25) is 5.02 Å². The Labute approximate surface area is 115 Å². The van der Waals surface area contributed by atoms with Crippen LogP contribution in [0.1, 0.15) is 12.7 Å². The molecule has 0 amide bonds. The first-order valence-corrected chi connectivity index (χ1v) is 6.36. The molecule has 3 aromatic rings. The Bertz CT molecular complexity index is 814. The van der Waals surface area contributed by atoms with Crippen molar-refractivity contribution in [2.24, 2.45) is 0 Å². The van der Waals surface area contributed by atoms with Gasteiger partial charge in [0.2, 0.25) is 0 Å². The minimum atomic E-state index is 0.452. The summed E-state index contributed by atoms with van der Waals surface area (Å²) in [6.45, 7) is 2.48. The molecule has 0 radical (unpaired) electrons. The lowest BCUT2D eigenvalue weighted by molar-refractivity contribution is 0.776. The molecule has 0 aliphatic heterocycles. The summed E-state index contributed by atoms with van der Waals surface area (Å²) in [5.41, 5.74) is 2.87. The van der Waals surface area contributed by atoms with Crippen molar-refractivity contribution in [3.8, 4) is 12.3 Å². The molecule has 0 fully saturated rings. The van der Waals surface area contributed by atoms with E-state index in [1.54, 1.807) is 12.1 Å². The van der Waals surface area contributed by atoms with Gasteiger partial charge in [0.05, 0.1) is 17.6 Å². The van der Waals surface area contributed by atoms with Crippen molar-refractivity contribution in [1.82, 2.24) is 19.5 Å². The molecule has 3 rings (SSSR count). The Morgan fingerprint density at radius 1 is 1.26 bits per heavy atom. The number of terminal acetylenes is 1. The lowest BCUT2D eigenvalue weighted by atomic mass is 10.3. The number of hydrogen-bond donors (Lipinski definition) is 0. The van der Waals surface area contributed by atoms with Crippen LogP contribution in [0.4, 0.5) is 0 Å². The van der Waals surface area contributed by atoms with E-state index < -0.39 is 0 Å². The third-order valence-corrected chi connectivity index (χ3v) is 3.19. The molecule has 1 aromatic carbocycles. The highest BCUT2D eigenvalue weighted by atomic mass is 35.5. The highest BCUT2D eigenvalue weighted by Gasteiger charge is 2.12. The Morgan fingerprint density at radius 2 is 2.11 bits per heavy atom. The van der Waals surface area contributed by atoms with E-state index in [2.05, 4.69) is 20.9 Å². The van der Waals surface area contributed by atoms with E-state index in [0.29, 0.717) is 17.2 Å². The average molecular weight is 271 g/mol. The molecule has 0 saturated carbocycles. The number of benzene rings is 1. The molecule has 2 heterocycles. The Kier molecular flexibility index (Phi) is 2.84. The van der Waals surface area contributed by atoms with Gasteiger partial charge in [0.1, 0.15) is 5.82 Å². The Balaban J connectivity index is 2.36. The predicted octanol–water partition coefficient (Wildman–Crippen LogP) is 2.83. The first-order valence-electron chi connectivity index (χ1n) is 5.98. The molecule has 0 N–H and O–H groups in total. The molecule has 5 heteroatoms. The van der Waals surface area contributed by atoms with Gasteiger partial charge in [-0.1, -0.05) is 24.4 Å². The highest BCUT2D eigenvalue weighted by molar-refractivity contribution is 6.31. The molecule has 4 nitrogen and oxygen atoms in total. The summed E-state index contributed by atoms with van der Waals surface area (Å²) in [4.78, 5) is 13.6. The molecule has 0 aliphatic carbocycles. The topological polar surface area (TPSA) is 43.6 Å². The van der Waals surface area contributed by atoms with Gasteiger partial charge in [-0.2, -0.15) is 0 Å². The van der Waals surface area contributed by atoms with Gasteiger partial charge in [-0.3, -0.25) is 4.57 Å². The van der Waals surface area contributed by atoms with Gasteiger partial charge in [0.15, 0.2) is 11.3 Å². The van der Waals surface area contributed by atoms with Crippen LogP contribution in [-0.4, -0.2) is 19.5 Å². The molecule has 0 unspecified atom stereocenters. The van der Waals surface area contributed by atoms with Crippen molar-refractivity contribution in [3.05, 3.63) is 29.0 Å². The van der Waals surface area contributed by atoms with Gasteiger partial charge in [-0.25, -0.2) is 15.0 Å². The lowest BCUT2D eigenvalue weighted by Crippen LogP contribution is -2.02. The fourth-order valence-electron chi connectivity index (χ4n) is 2.10. The number of nitrogens with zero attached hydrogens (tertiary/aromatic N) is 4. The average Bonchev–Trinajstić information content (AvgIpc) is 2.74. The molecule has 0 atom stereocenters. The van der Waals surface area contributed by atoms with E-state index in [4.69, 9.17) is 18.0 Å². The third kappa shape index (κ3) is 1.92.